The van der Waals surface area contributed by atoms with Gasteiger partial charge in [-0.25, -0.2) is 0 Å². The van der Waals surface area contributed by atoms with Gasteiger partial charge in [-0.05, 0) is 49.9 Å². The third kappa shape index (κ3) is 3.57. The topological polar surface area (TPSA) is 46.2 Å². The molecule has 0 bridgehead atoms. The van der Waals surface area contributed by atoms with Gasteiger partial charge in [-0.2, -0.15) is 0 Å². The van der Waals surface area contributed by atoms with Gasteiger partial charge in [0, 0.05) is 6.04 Å². The lowest BCUT2D eigenvalue weighted by atomic mass is 9.62. The smallest absolute Gasteiger partial charge is 0.0853 e. The number of nitrogens with two attached hydrogens (primary N) is 1. The Kier molecular flexibility index (Phi) is 5.92. The molecular formula is C18H35NO. The zero-order valence-electron chi connectivity index (χ0n) is 13.6. The summed E-state index contributed by atoms with van der Waals surface area (Å²) < 4.78 is 0. The van der Waals surface area contributed by atoms with Crippen LogP contribution in [-0.2, 0) is 0 Å². The second-order valence-corrected chi connectivity index (χ2v) is 7.79. The molecule has 2 aliphatic carbocycles. The van der Waals surface area contributed by atoms with Crippen LogP contribution in [0.25, 0.3) is 0 Å². The maximum atomic E-state index is 11.7. The monoisotopic (exact) mass is 281 g/mol. The molecule has 2 saturated carbocycles. The second-order valence-electron chi connectivity index (χ2n) is 7.79. The van der Waals surface area contributed by atoms with Crippen molar-refractivity contribution in [3.63, 3.8) is 0 Å². The van der Waals surface area contributed by atoms with E-state index in [4.69, 9.17) is 5.73 Å². The van der Waals surface area contributed by atoms with Crippen molar-refractivity contribution in [3.8, 4) is 0 Å². The molecular weight excluding hydrogens is 246 g/mol. The van der Waals surface area contributed by atoms with Crippen LogP contribution in [0.3, 0.4) is 0 Å². The molecule has 2 rings (SSSR count). The van der Waals surface area contributed by atoms with Gasteiger partial charge in [0.25, 0.3) is 0 Å². The van der Waals surface area contributed by atoms with Gasteiger partial charge in [0.15, 0.2) is 0 Å². The Balaban J connectivity index is 2.15. The van der Waals surface area contributed by atoms with Crippen molar-refractivity contribution in [2.24, 2.45) is 23.5 Å². The van der Waals surface area contributed by atoms with Gasteiger partial charge < -0.3 is 10.8 Å². The van der Waals surface area contributed by atoms with Crippen LogP contribution >= 0.6 is 0 Å². The first-order valence-corrected chi connectivity index (χ1v) is 9.03. The minimum Gasteiger partial charge on any atom is -0.388 e. The van der Waals surface area contributed by atoms with Crippen molar-refractivity contribution in [2.45, 2.75) is 96.1 Å². The average molecular weight is 281 g/mol. The molecule has 0 saturated heterocycles. The van der Waals surface area contributed by atoms with Gasteiger partial charge in [-0.1, -0.05) is 52.4 Å². The van der Waals surface area contributed by atoms with Gasteiger partial charge in [0.2, 0.25) is 0 Å². The largest absolute Gasteiger partial charge is 0.388 e. The van der Waals surface area contributed by atoms with Gasteiger partial charge in [-0.3, -0.25) is 0 Å². The summed E-state index contributed by atoms with van der Waals surface area (Å²) in [5, 5.41) is 11.7. The van der Waals surface area contributed by atoms with Crippen molar-refractivity contribution in [1.82, 2.24) is 0 Å². The van der Waals surface area contributed by atoms with E-state index in [0.717, 1.165) is 6.42 Å². The van der Waals surface area contributed by atoms with Crippen molar-refractivity contribution in [2.75, 3.05) is 0 Å². The summed E-state index contributed by atoms with van der Waals surface area (Å²) in [6.07, 6.45) is 13.6. The summed E-state index contributed by atoms with van der Waals surface area (Å²) in [6, 6.07) is -0.0336. The van der Waals surface area contributed by atoms with Crippen molar-refractivity contribution < 1.29 is 5.11 Å². The molecule has 0 radical (unpaired) electrons. The first-order valence-electron chi connectivity index (χ1n) is 9.03. The van der Waals surface area contributed by atoms with Gasteiger partial charge in [0.05, 0.1) is 5.60 Å². The van der Waals surface area contributed by atoms with Crippen LogP contribution in [0.5, 0.6) is 0 Å². The fourth-order valence-corrected chi connectivity index (χ4v) is 4.77. The molecule has 0 aromatic carbocycles. The predicted octanol–water partition coefficient (Wildman–Crippen LogP) is 4.25. The zero-order valence-corrected chi connectivity index (χ0v) is 13.6. The van der Waals surface area contributed by atoms with E-state index in [1.54, 1.807) is 0 Å². The summed E-state index contributed by atoms with van der Waals surface area (Å²) in [4.78, 5) is 0. The third-order valence-electron chi connectivity index (χ3n) is 5.84. The molecule has 0 amide bonds. The van der Waals surface area contributed by atoms with E-state index in [1.807, 2.05) is 0 Å². The van der Waals surface area contributed by atoms with Crippen molar-refractivity contribution in [1.29, 1.82) is 0 Å². The predicted molar refractivity (Wildman–Crippen MR) is 85.5 cm³/mol. The van der Waals surface area contributed by atoms with Crippen LogP contribution in [0.2, 0.25) is 0 Å². The molecule has 1 unspecified atom stereocenters. The molecule has 2 nitrogen and oxygen atoms in total. The molecule has 0 aromatic rings. The van der Waals surface area contributed by atoms with E-state index in [1.165, 1.54) is 64.2 Å². The Bertz CT molecular complexity index is 259. The van der Waals surface area contributed by atoms with E-state index in [0.29, 0.717) is 17.8 Å². The highest BCUT2D eigenvalue weighted by Gasteiger charge is 2.48. The minimum absolute atomic E-state index is 0.0336. The van der Waals surface area contributed by atoms with Crippen LogP contribution in [0, 0.1) is 17.8 Å². The quantitative estimate of drug-likeness (QED) is 0.791. The SMILES string of the molecule is CC(C)CC(N)C(O)(C1CCCCC1)C1CCCCC1. The van der Waals surface area contributed by atoms with Crippen LogP contribution in [0.15, 0.2) is 0 Å². The second kappa shape index (κ2) is 7.26. The molecule has 0 aromatic heterocycles. The fraction of sp³-hybridized carbons (Fsp3) is 1.00. The molecule has 2 heteroatoms. The van der Waals surface area contributed by atoms with Gasteiger partial charge >= 0.3 is 0 Å². The van der Waals surface area contributed by atoms with Crippen LogP contribution in [0.4, 0.5) is 0 Å². The number of hydrogen-bond donors (Lipinski definition) is 2. The van der Waals surface area contributed by atoms with E-state index in [-0.39, 0.29) is 6.04 Å². The van der Waals surface area contributed by atoms with Crippen molar-refractivity contribution in [3.05, 3.63) is 0 Å². The highest BCUT2D eigenvalue weighted by Crippen LogP contribution is 2.45. The van der Waals surface area contributed by atoms with E-state index in [2.05, 4.69) is 13.8 Å². The molecule has 0 spiro atoms. The lowest BCUT2D eigenvalue weighted by Gasteiger charge is -2.49. The zero-order chi connectivity index (χ0) is 14.6. The van der Waals surface area contributed by atoms with E-state index in [9.17, 15) is 5.11 Å². The molecule has 118 valence electrons. The summed E-state index contributed by atoms with van der Waals surface area (Å²) >= 11 is 0. The van der Waals surface area contributed by atoms with Crippen molar-refractivity contribution >= 4 is 0 Å². The maximum Gasteiger partial charge on any atom is 0.0853 e. The average Bonchev–Trinajstić information content (AvgIpc) is 2.47. The number of rotatable bonds is 5. The Hall–Kier alpha value is -0.0800. The normalized spacial score (nSPS) is 25.1. The number of aliphatic hydroxyl groups is 1. The Morgan fingerprint density at radius 3 is 1.65 bits per heavy atom. The summed E-state index contributed by atoms with van der Waals surface area (Å²) in [6.45, 7) is 4.45. The lowest BCUT2D eigenvalue weighted by Crippen LogP contribution is -2.59. The Labute approximate surface area is 125 Å². The fourth-order valence-electron chi connectivity index (χ4n) is 4.77. The maximum absolute atomic E-state index is 11.7. The minimum atomic E-state index is -0.592. The van der Waals surface area contributed by atoms with E-state index >= 15 is 0 Å². The molecule has 2 aliphatic rings. The molecule has 3 N–H and O–H groups in total. The lowest BCUT2D eigenvalue weighted by molar-refractivity contribution is -0.113. The highest BCUT2D eigenvalue weighted by molar-refractivity contribution is 5.01. The standard InChI is InChI=1S/C18H35NO/c1-14(2)13-17(19)18(20,15-9-5-3-6-10-15)16-11-7-4-8-12-16/h14-17,20H,3-13,19H2,1-2H3. The van der Waals surface area contributed by atoms with E-state index < -0.39 is 5.60 Å². The molecule has 2 fully saturated rings. The van der Waals surface area contributed by atoms with Crippen LogP contribution in [-0.4, -0.2) is 16.7 Å². The third-order valence-corrected chi connectivity index (χ3v) is 5.84. The van der Waals surface area contributed by atoms with Gasteiger partial charge in [-0.15, -0.1) is 0 Å². The highest BCUT2D eigenvalue weighted by atomic mass is 16.3. The molecule has 20 heavy (non-hydrogen) atoms. The molecule has 0 aliphatic heterocycles. The Morgan fingerprint density at radius 2 is 1.30 bits per heavy atom. The van der Waals surface area contributed by atoms with Gasteiger partial charge in [0.1, 0.15) is 0 Å². The molecule has 0 heterocycles. The molecule has 1 atom stereocenters. The summed E-state index contributed by atoms with van der Waals surface area (Å²) in [7, 11) is 0. The van der Waals surface area contributed by atoms with Crippen LogP contribution < -0.4 is 5.73 Å². The summed E-state index contributed by atoms with van der Waals surface area (Å²) in [5.41, 5.74) is 5.97. The first kappa shape index (κ1) is 16.3. The Morgan fingerprint density at radius 1 is 0.900 bits per heavy atom. The van der Waals surface area contributed by atoms with Crippen LogP contribution in [0.1, 0.15) is 84.5 Å². The number of hydrogen-bond acceptors (Lipinski definition) is 2. The first-order chi connectivity index (χ1) is 9.55. The summed E-state index contributed by atoms with van der Waals surface area (Å²) in [5.74, 6) is 1.48.